The summed E-state index contributed by atoms with van der Waals surface area (Å²) in [6, 6.07) is 3.87. The fourth-order valence-corrected chi connectivity index (χ4v) is 2.06. The molecule has 0 fully saturated rings. The van der Waals surface area contributed by atoms with Crippen molar-refractivity contribution >= 4 is 23.2 Å². The van der Waals surface area contributed by atoms with Crippen LogP contribution >= 0.6 is 23.2 Å². The predicted octanol–water partition coefficient (Wildman–Crippen LogP) is 3.47. The lowest BCUT2D eigenvalue weighted by Crippen LogP contribution is -1.97. The Morgan fingerprint density at radius 3 is 2.11 bits per heavy atom. The van der Waals surface area contributed by atoms with Crippen molar-refractivity contribution in [2.75, 3.05) is 7.11 Å². The van der Waals surface area contributed by atoms with E-state index in [4.69, 9.17) is 27.9 Å². The SMILES string of the molecule is COc1cc(C)c(-c2nc(Cl)nc(Cl)n2)cc1C. The van der Waals surface area contributed by atoms with Crippen molar-refractivity contribution in [2.45, 2.75) is 13.8 Å². The van der Waals surface area contributed by atoms with Crippen LogP contribution in [-0.2, 0) is 0 Å². The monoisotopic (exact) mass is 283 g/mol. The third-order valence-electron chi connectivity index (χ3n) is 2.56. The van der Waals surface area contributed by atoms with Gasteiger partial charge in [0.1, 0.15) is 5.75 Å². The van der Waals surface area contributed by atoms with E-state index in [2.05, 4.69) is 15.0 Å². The Kier molecular flexibility index (Phi) is 3.68. The topological polar surface area (TPSA) is 47.9 Å². The van der Waals surface area contributed by atoms with Gasteiger partial charge < -0.3 is 4.74 Å². The van der Waals surface area contributed by atoms with Crippen molar-refractivity contribution in [1.82, 2.24) is 15.0 Å². The van der Waals surface area contributed by atoms with E-state index in [1.807, 2.05) is 26.0 Å². The third-order valence-corrected chi connectivity index (χ3v) is 2.90. The molecule has 0 saturated carbocycles. The average Bonchev–Trinajstić information content (AvgIpc) is 2.30. The molecule has 1 heterocycles. The first-order chi connectivity index (χ1) is 8.51. The van der Waals surface area contributed by atoms with Crippen molar-refractivity contribution in [3.8, 4) is 17.1 Å². The van der Waals surface area contributed by atoms with E-state index in [0.29, 0.717) is 5.82 Å². The molecule has 6 heteroatoms. The molecule has 0 saturated heterocycles. The van der Waals surface area contributed by atoms with Gasteiger partial charge in [0.2, 0.25) is 10.6 Å². The van der Waals surface area contributed by atoms with E-state index in [0.717, 1.165) is 22.4 Å². The van der Waals surface area contributed by atoms with Gasteiger partial charge in [0.05, 0.1) is 7.11 Å². The van der Waals surface area contributed by atoms with E-state index in [-0.39, 0.29) is 10.6 Å². The first-order valence-corrected chi connectivity index (χ1v) is 5.99. The summed E-state index contributed by atoms with van der Waals surface area (Å²) in [4.78, 5) is 11.9. The van der Waals surface area contributed by atoms with Crippen LogP contribution in [0.1, 0.15) is 11.1 Å². The lowest BCUT2D eigenvalue weighted by Gasteiger charge is -2.10. The number of aryl methyl sites for hydroxylation is 2. The van der Waals surface area contributed by atoms with Crippen molar-refractivity contribution in [3.63, 3.8) is 0 Å². The standard InChI is InChI=1S/C12H11Cl2N3O/c1-6-5-9(18-3)7(2)4-8(6)10-15-11(13)17-12(14)16-10/h4-5H,1-3H3. The van der Waals surface area contributed by atoms with Gasteiger partial charge in [-0.15, -0.1) is 0 Å². The molecule has 0 aliphatic rings. The maximum atomic E-state index is 5.78. The minimum atomic E-state index is 0.0814. The van der Waals surface area contributed by atoms with Crippen LogP contribution < -0.4 is 4.74 Å². The highest BCUT2D eigenvalue weighted by molar-refractivity contribution is 6.31. The number of hydrogen-bond donors (Lipinski definition) is 0. The second kappa shape index (κ2) is 5.08. The Morgan fingerprint density at radius 2 is 1.56 bits per heavy atom. The number of aromatic nitrogens is 3. The molecular weight excluding hydrogens is 273 g/mol. The van der Waals surface area contributed by atoms with Crippen LogP contribution in [0.25, 0.3) is 11.4 Å². The minimum Gasteiger partial charge on any atom is -0.496 e. The van der Waals surface area contributed by atoms with Gasteiger partial charge in [-0.25, -0.2) is 0 Å². The van der Waals surface area contributed by atoms with Crippen LogP contribution in [0.4, 0.5) is 0 Å². The molecule has 1 aromatic carbocycles. The zero-order chi connectivity index (χ0) is 13.3. The van der Waals surface area contributed by atoms with Crippen LogP contribution in [0.3, 0.4) is 0 Å². The number of rotatable bonds is 2. The zero-order valence-electron chi connectivity index (χ0n) is 10.2. The molecule has 2 aromatic rings. The molecule has 2 rings (SSSR count). The number of nitrogens with zero attached hydrogens (tertiary/aromatic N) is 3. The van der Waals surface area contributed by atoms with Gasteiger partial charge in [0, 0.05) is 5.56 Å². The molecule has 0 aliphatic heterocycles. The number of halogens is 2. The fraction of sp³-hybridized carbons (Fsp3) is 0.250. The zero-order valence-corrected chi connectivity index (χ0v) is 11.7. The summed E-state index contributed by atoms with van der Waals surface area (Å²) >= 11 is 11.6. The molecule has 0 atom stereocenters. The number of methoxy groups -OCH3 is 1. The highest BCUT2D eigenvalue weighted by atomic mass is 35.5. The van der Waals surface area contributed by atoms with Crippen molar-refractivity contribution in [3.05, 3.63) is 33.8 Å². The summed E-state index contributed by atoms with van der Waals surface area (Å²) in [5.74, 6) is 1.28. The van der Waals surface area contributed by atoms with Gasteiger partial charge in [-0.2, -0.15) is 15.0 Å². The van der Waals surface area contributed by atoms with Crippen LogP contribution in [0.5, 0.6) is 5.75 Å². The Hall–Kier alpha value is -1.39. The lowest BCUT2D eigenvalue weighted by molar-refractivity contribution is 0.411. The number of benzene rings is 1. The predicted molar refractivity (Wildman–Crippen MR) is 71.3 cm³/mol. The Morgan fingerprint density at radius 1 is 0.944 bits per heavy atom. The normalized spacial score (nSPS) is 10.5. The maximum absolute atomic E-state index is 5.78. The third kappa shape index (κ3) is 2.54. The Balaban J connectivity index is 2.60. The quantitative estimate of drug-likeness (QED) is 0.847. The van der Waals surface area contributed by atoms with Gasteiger partial charge in [0.15, 0.2) is 5.82 Å². The van der Waals surface area contributed by atoms with E-state index in [1.54, 1.807) is 7.11 Å². The number of ether oxygens (including phenoxy) is 1. The van der Waals surface area contributed by atoms with Crippen LogP contribution in [0.2, 0.25) is 10.6 Å². The first-order valence-electron chi connectivity index (χ1n) is 5.24. The molecule has 0 amide bonds. The van der Waals surface area contributed by atoms with Crippen molar-refractivity contribution in [1.29, 1.82) is 0 Å². The molecule has 1 aromatic heterocycles. The number of hydrogen-bond acceptors (Lipinski definition) is 4. The second-order valence-corrected chi connectivity index (χ2v) is 4.51. The summed E-state index contributed by atoms with van der Waals surface area (Å²) in [6.07, 6.45) is 0. The molecule has 18 heavy (non-hydrogen) atoms. The molecule has 0 N–H and O–H groups in total. The van der Waals surface area contributed by atoms with Crippen LogP contribution in [-0.4, -0.2) is 22.1 Å². The van der Waals surface area contributed by atoms with Gasteiger partial charge in [0.25, 0.3) is 0 Å². The molecule has 0 bridgehead atoms. The smallest absolute Gasteiger partial charge is 0.227 e. The summed E-state index contributed by atoms with van der Waals surface area (Å²) in [6.45, 7) is 3.90. The van der Waals surface area contributed by atoms with Gasteiger partial charge >= 0.3 is 0 Å². The second-order valence-electron chi connectivity index (χ2n) is 3.83. The van der Waals surface area contributed by atoms with Gasteiger partial charge in [-0.05, 0) is 60.3 Å². The van der Waals surface area contributed by atoms with Gasteiger partial charge in [-0.1, -0.05) is 0 Å². The molecule has 4 nitrogen and oxygen atoms in total. The van der Waals surface area contributed by atoms with E-state index >= 15 is 0 Å². The fourth-order valence-electron chi connectivity index (χ4n) is 1.70. The highest BCUT2D eigenvalue weighted by Crippen LogP contribution is 2.28. The van der Waals surface area contributed by atoms with Gasteiger partial charge in [-0.3, -0.25) is 0 Å². The summed E-state index contributed by atoms with van der Waals surface area (Å²) in [7, 11) is 1.64. The lowest BCUT2D eigenvalue weighted by atomic mass is 10.0. The summed E-state index contributed by atoms with van der Waals surface area (Å²) in [5, 5.41) is 0.163. The largest absolute Gasteiger partial charge is 0.496 e. The molecular formula is C12H11Cl2N3O. The van der Waals surface area contributed by atoms with E-state index in [1.165, 1.54) is 0 Å². The molecule has 0 spiro atoms. The van der Waals surface area contributed by atoms with E-state index < -0.39 is 0 Å². The van der Waals surface area contributed by atoms with E-state index in [9.17, 15) is 0 Å². The maximum Gasteiger partial charge on any atom is 0.227 e. The van der Waals surface area contributed by atoms with Crippen molar-refractivity contribution < 1.29 is 4.74 Å². The average molecular weight is 284 g/mol. The first kappa shape index (κ1) is 13.1. The Bertz CT molecular complexity index is 582. The summed E-state index contributed by atoms with van der Waals surface area (Å²) in [5.41, 5.74) is 2.83. The molecule has 0 aliphatic carbocycles. The van der Waals surface area contributed by atoms with Crippen LogP contribution in [0, 0.1) is 13.8 Å². The molecule has 0 unspecified atom stereocenters. The van der Waals surface area contributed by atoms with Crippen molar-refractivity contribution in [2.24, 2.45) is 0 Å². The Labute approximate surface area is 115 Å². The summed E-state index contributed by atoms with van der Waals surface area (Å²) < 4.78 is 5.26. The molecule has 0 radical (unpaired) electrons. The highest BCUT2D eigenvalue weighted by Gasteiger charge is 2.11. The minimum absolute atomic E-state index is 0.0814. The molecule has 94 valence electrons. The van der Waals surface area contributed by atoms with Crippen LogP contribution in [0.15, 0.2) is 12.1 Å².